The lowest BCUT2D eigenvalue weighted by Gasteiger charge is -2.35. The van der Waals surface area contributed by atoms with E-state index in [1.807, 2.05) is 40.0 Å². The molecule has 3 aromatic rings. The first-order chi connectivity index (χ1) is 15.1. The molecule has 5 rings (SSSR count). The lowest BCUT2D eigenvalue weighted by atomic mass is 9.97. The third-order valence-electron chi connectivity index (χ3n) is 6.30. The van der Waals surface area contributed by atoms with Gasteiger partial charge in [0.05, 0.1) is 24.2 Å². The summed E-state index contributed by atoms with van der Waals surface area (Å²) in [4.78, 5) is 21.8. The van der Waals surface area contributed by atoms with Crippen molar-refractivity contribution < 1.29 is 9.53 Å². The highest BCUT2D eigenvalue weighted by molar-refractivity contribution is 6.32. The number of hydrogen-bond donors (Lipinski definition) is 0. The minimum Gasteiger partial charge on any atom is -0.495 e. The molecule has 2 aliphatic rings. The Bertz CT molecular complexity index is 1120. The van der Waals surface area contributed by atoms with Gasteiger partial charge in [-0.3, -0.25) is 4.79 Å². The van der Waals surface area contributed by atoms with Crippen molar-refractivity contribution in [3.05, 3.63) is 52.4 Å². The maximum absolute atomic E-state index is 12.8. The number of carbonyl (C=O) groups is 1. The molecule has 1 amide bonds. The van der Waals surface area contributed by atoms with Crippen LogP contribution in [0.3, 0.4) is 0 Å². The number of benzene rings is 1. The van der Waals surface area contributed by atoms with Crippen LogP contribution in [0.4, 0.5) is 5.82 Å². The third kappa shape index (κ3) is 3.82. The Morgan fingerprint density at radius 2 is 1.97 bits per heavy atom. The first-order valence-corrected chi connectivity index (χ1v) is 11.2. The predicted octanol–water partition coefficient (Wildman–Crippen LogP) is 3.16. The molecule has 0 bridgehead atoms. The van der Waals surface area contributed by atoms with E-state index in [2.05, 4.69) is 4.90 Å². The predicted molar refractivity (Wildman–Crippen MR) is 120 cm³/mol. The zero-order valence-corrected chi connectivity index (χ0v) is 18.4. The Kier molecular flexibility index (Phi) is 5.44. The van der Waals surface area contributed by atoms with Gasteiger partial charge in [0, 0.05) is 44.1 Å². The van der Waals surface area contributed by atoms with Crippen molar-refractivity contribution in [2.75, 3.05) is 38.2 Å². The Labute approximate surface area is 186 Å². The number of amides is 1. The summed E-state index contributed by atoms with van der Waals surface area (Å²) in [5, 5.41) is 5.31. The van der Waals surface area contributed by atoms with Gasteiger partial charge in [0.25, 0.3) is 0 Å². The molecule has 0 spiro atoms. The van der Waals surface area contributed by atoms with E-state index in [0.29, 0.717) is 30.3 Å². The summed E-state index contributed by atoms with van der Waals surface area (Å²) >= 11 is 6.20. The molecule has 3 heterocycles. The number of methoxy groups -OCH3 is 1. The number of anilines is 1. The summed E-state index contributed by atoms with van der Waals surface area (Å²) in [5.74, 6) is 1.73. The fraction of sp³-hybridized carbons (Fsp3) is 0.435. The number of aromatic nitrogens is 3. The Morgan fingerprint density at radius 3 is 2.74 bits per heavy atom. The van der Waals surface area contributed by atoms with Crippen LogP contribution >= 0.6 is 11.6 Å². The van der Waals surface area contributed by atoms with Crippen LogP contribution in [0.1, 0.15) is 29.7 Å². The monoisotopic (exact) mass is 439 g/mol. The highest BCUT2D eigenvalue weighted by atomic mass is 35.5. The number of fused-ring (bicyclic) bond motifs is 3. The Hall–Kier alpha value is -2.80. The van der Waals surface area contributed by atoms with E-state index in [1.165, 1.54) is 24.1 Å². The van der Waals surface area contributed by atoms with Crippen LogP contribution in [0.5, 0.6) is 5.75 Å². The van der Waals surface area contributed by atoms with Crippen LogP contribution < -0.4 is 9.64 Å². The van der Waals surface area contributed by atoms with Crippen molar-refractivity contribution in [1.29, 1.82) is 0 Å². The SMILES string of the molecule is COc1ccc(CC(=O)N2CCN(c3nccn4nc5c(c34)CCCC5)CC2)cc1Cl. The summed E-state index contributed by atoms with van der Waals surface area (Å²) in [7, 11) is 1.58. The molecule has 8 heteroatoms. The zero-order valence-electron chi connectivity index (χ0n) is 17.7. The largest absolute Gasteiger partial charge is 0.495 e. The lowest BCUT2D eigenvalue weighted by molar-refractivity contribution is -0.130. The second kappa shape index (κ2) is 8.38. The Morgan fingerprint density at radius 1 is 1.16 bits per heavy atom. The van der Waals surface area contributed by atoms with Gasteiger partial charge < -0.3 is 14.5 Å². The second-order valence-corrected chi connectivity index (χ2v) is 8.60. The zero-order chi connectivity index (χ0) is 21.4. The highest BCUT2D eigenvalue weighted by Crippen LogP contribution is 2.30. The molecule has 0 atom stereocenters. The second-order valence-electron chi connectivity index (χ2n) is 8.19. The van der Waals surface area contributed by atoms with Gasteiger partial charge in [0.15, 0.2) is 5.82 Å². The van der Waals surface area contributed by atoms with Gasteiger partial charge in [0.1, 0.15) is 11.3 Å². The molecule has 31 heavy (non-hydrogen) atoms. The van der Waals surface area contributed by atoms with E-state index in [-0.39, 0.29) is 5.91 Å². The number of hydrogen-bond acceptors (Lipinski definition) is 5. The van der Waals surface area contributed by atoms with Crippen LogP contribution in [-0.4, -0.2) is 58.7 Å². The quantitative estimate of drug-likeness (QED) is 0.624. The van der Waals surface area contributed by atoms with E-state index in [1.54, 1.807) is 7.11 Å². The third-order valence-corrected chi connectivity index (χ3v) is 6.60. The normalized spacial score (nSPS) is 16.5. The van der Waals surface area contributed by atoms with Gasteiger partial charge in [-0.1, -0.05) is 17.7 Å². The van der Waals surface area contributed by atoms with Crippen LogP contribution in [-0.2, 0) is 24.1 Å². The van der Waals surface area contributed by atoms with Crippen molar-refractivity contribution in [1.82, 2.24) is 19.5 Å². The van der Waals surface area contributed by atoms with Gasteiger partial charge in [-0.05, 0) is 43.4 Å². The van der Waals surface area contributed by atoms with Crippen molar-refractivity contribution in [2.24, 2.45) is 0 Å². The summed E-state index contributed by atoms with van der Waals surface area (Å²) in [6.07, 6.45) is 8.64. The fourth-order valence-electron chi connectivity index (χ4n) is 4.65. The smallest absolute Gasteiger partial charge is 0.227 e. The topological polar surface area (TPSA) is 63.0 Å². The Balaban J connectivity index is 1.28. The van der Waals surface area contributed by atoms with Crippen LogP contribution in [0.15, 0.2) is 30.6 Å². The first-order valence-electron chi connectivity index (χ1n) is 10.8. The molecule has 0 unspecified atom stereocenters. The van der Waals surface area contributed by atoms with Gasteiger partial charge in [-0.15, -0.1) is 0 Å². The maximum Gasteiger partial charge on any atom is 0.227 e. The van der Waals surface area contributed by atoms with E-state index in [4.69, 9.17) is 26.4 Å². The molecule has 1 aliphatic carbocycles. The molecule has 0 saturated carbocycles. The molecule has 1 saturated heterocycles. The molecule has 1 aromatic carbocycles. The highest BCUT2D eigenvalue weighted by Gasteiger charge is 2.26. The summed E-state index contributed by atoms with van der Waals surface area (Å²) in [6, 6.07) is 5.51. The molecule has 0 N–H and O–H groups in total. The van der Waals surface area contributed by atoms with E-state index in [0.717, 1.165) is 42.8 Å². The van der Waals surface area contributed by atoms with Crippen molar-refractivity contribution in [3.8, 4) is 5.75 Å². The van der Waals surface area contributed by atoms with Crippen LogP contribution in [0.25, 0.3) is 5.52 Å². The molecule has 2 aromatic heterocycles. The molecule has 1 fully saturated rings. The minimum atomic E-state index is 0.119. The van der Waals surface area contributed by atoms with Gasteiger partial charge >= 0.3 is 0 Å². The van der Waals surface area contributed by atoms with Gasteiger partial charge in [-0.25, -0.2) is 9.50 Å². The summed E-state index contributed by atoms with van der Waals surface area (Å²) < 4.78 is 7.18. The minimum absolute atomic E-state index is 0.119. The number of piperazine rings is 1. The molecular formula is C23H26ClN5O2. The number of ether oxygens (including phenoxy) is 1. The van der Waals surface area contributed by atoms with E-state index >= 15 is 0 Å². The number of aryl methyl sites for hydroxylation is 2. The molecule has 1 aliphatic heterocycles. The average molecular weight is 440 g/mol. The van der Waals surface area contributed by atoms with E-state index < -0.39 is 0 Å². The molecule has 7 nitrogen and oxygen atoms in total. The van der Waals surface area contributed by atoms with Crippen LogP contribution in [0.2, 0.25) is 5.02 Å². The standard InChI is InChI=1S/C23H26ClN5O2/c1-31-20-7-6-16(14-18(20)24)15-21(30)27-10-12-28(13-11-27)23-22-17-4-2-3-5-19(17)26-29(22)9-8-25-23/h6-9,14H,2-5,10-13,15H2,1H3. The van der Waals surface area contributed by atoms with Crippen LogP contribution in [0, 0.1) is 0 Å². The number of rotatable bonds is 4. The average Bonchev–Trinajstić information content (AvgIpc) is 3.18. The summed E-state index contributed by atoms with van der Waals surface area (Å²) in [6.45, 7) is 2.90. The number of nitrogens with zero attached hydrogens (tertiary/aromatic N) is 5. The van der Waals surface area contributed by atoms with E-state index in [9.17, 15) is 4.79 Å². The fourth-order valence-corrected chi connectivity index (χ4v) is 4.93. The first kappa shape index (κ1) is 20.1. The van der Waals surface area contributed by atoms with Crippen molar-refractivity contribution in [3.63, 3.8) is 0 Å². The maximum atomic E-state index is 12.8. The molecule has 0 radical (unpaired) electrons. The molecular weight excluding hydrogens is 414 g/mol. The van der Waals surface area contributed by atoms with Crippen molar-refractivity contribution in [2.45, 2.75) is 32.1 Å². The summed E-state index contributed by atoms with van der Waals surface area (Å²) in [5.41, 5.74) is 4.61. The number of carbonyl (C=O) groups excluding carboxylic acids is 1. The van der Waals surface area contributed by atoms with Gasteiger partial charge in [-0.2, -0.15) is 5.10 Å². The molecule has 162 valence electrons. The number of halogens is 1. The van der Waals surface area contributed by atoms with Crippen molar-refractivity contribution >= 4 is 28.8 Å². The van der Waals surface area contributed by atoms with Gasteiger partial charge in [0.2, 0.25) is 5.91 Å². The lowest BCUT2D eigenvalue weighted by Crippen LogP contribution is -2.49.